The summed E-state index contributed by atoms with van der Waals surface area (Å²) in [6.45, 7) is 5.43. The van der Waals surface area contributed by atoms with Crippen molar-refractivity contribution in [1.29, 1.82) is 0 Å². The molecule has 3 nitrogen and oxygen atoms in total. The lowest BCUT2D eigenvalue weighted by Gasteiger charge is -2.35. The quantitative estimate of drug-likeness (QED) is 0.811. The number of nitrogens with zero attached hydrogens (tertiary/aromatic N) is 1. The minimum atomic E-state index is 0.123. The van der Waals surface area contributed by atoms with Gasteiger partial charge in [0.05, 0.1) is 18.0 Å². The Bertz CT molecular complexity index is 663. The molecule has 0 aromatic heterocycles. The number of rotatable bonds is 3. The van der Waals surface area contributed by atoms with E-state index < -0.39 is 0 Å². The van der Waals surface area contributed by atoms with Crippen LogP contribution in [0.4, 0.5) is 0 Å². The van der Waals surface area contributed by atoms with E-state index in [0.29, 0.717) is 18.8 Å². The highest BCUT2D eigenvalue weighted by Crippen LogP contribution is 2.24. The van der Waals surface area contributed by atoms with Crippen LogP contribution in [-0.2, 0) is 9.53 Å². The molecule has 22 heavy (non-hydrogen) atoms. The summed E-state index contributed by atoms with van der Waals surface area (Å²) < 4.78 is 5.68. The molecule has 2 aromatic carbocycles. The van der Waals surface area contributed by atoms with E-state index >= 15 is 0 Å². The summed E-state index contributed by atoms with van der Waals surface area (Å²) in [4.78, 5) is 15.4. The zero-order valence-corrected chi connectivity index (χ0v) is 13.8. The molecular formula is C18H21NO2S. The van der Waals surface area contributed by atoms with Crippen molar-refractivity contribution in [3.63, 3.8) is 0 Å². The monoisotopic (exact) mass is 315 g/mol. The molecule has 1 aliphatic heterocycles. The summed E-state index contributed by atoms with van der Waals surface area (Å²) in [7, 11) is 0. The maximum absolute atomic E-state index is 12.4. The van der Waals surface area contributed by atoms with Crippen LogP contribution in [0.15, 0.2) is 47.4 Å². The van der Waals surface area contributed by atoms with Crippen molar-refractivity contribution in [3.8, 4) is 0 Å². The summed E-state index contributed by atoms with van der Waals surface area (Å²) in [5, 5.41) is 2.45. The highest BCUT2D eigenvalue weighted by Gasteiger charge is 2.25. The fraction of sp³-hybridized carbons (Fsp3) is 0.389. The van der Waals surface area contributed by atoms with Gasteiger partial charge in [-0.2, -0.15) is 0 Å². The van der Waals surface area contributed by atoms with E-state index in [-0.39, 0.29) is 18.1 Å². The number of hydrogen-bond donors (Lipinski definition) is 0. The van der Waals surface area contributed by atoms with Crippen molar-refractivity contribution in [3.05, 3.63) is 42.5 Å². The normalized spacial score (nSPS) is 22.0. The summed E-state index contributed by atoms with van der Waals surface area (Å²) in [6, 6.07) is 14.6. The standard InChI is InChI=1S/C18H21NO2S/c1-13-10-19(11-14(2)21-13)18(20)12-22-17-8-7-15-5-3-4-6-16(15)9-17/h3-9,13-14H,10-12H2,1-2H3. The second kappa shape index (κ2) is 6.71. The molecule has 0 N–H and O–H groups in total. The van der Waals surface area contributed by atoms with Crippen LogP contribution in [0.25, 0.3) is 10.8 Å². The zero-order valence-electron chi connectivity index (χ0n) is 13.0. The first-order chi connectivity index (χ1) is 10.6. The molecule has 1 fully saturated rings. The van der Waals surface area contributed by atoms with Gasteiger partial charge in [0.2, 0.25) is 5.91 Å². The summed E-state index contributed by atoms with van der Waals surface area (Å²) in [6.07, 6.45) is 0.247. The second-order valence-electron chi connectivity index (χ2n) is 5.85. The van der Waals surface area contributed by atoms with Crippen LogP contribution in [0.5, 0.6) is 0 Å². The first-order valence-electron chi connectivity index (χ1n) is 7.66. The highest BCUT2D eigenvalue weighted by molar-refractivity contribution is 8.00. The minimum absolute atomic E-state index is 0.123. The number of thioether (sulfide) groups is 1. The van der Waals surface area contributed by atoms with E-state index in [1.807, 2.05) is 30.9 Å². The van der Waals surface area contributed by atoms with Crippen molar-refractivity contribution in [1.82, 2.24) is 4.90 Å². The summed E-state index contributed by atoms with van der Waals surface area (Å²) >= 11 is 1.61. The number of ether oxygens (including phenoxy) is 1. The first kappa shape index (κ1) is 15.4. The Morgan fingerprint density at radius 3 is 2.55 bits per heavy atom. The number of carbonyl (C=O) groups excluding carboxylic acids is 1. The average molecular weight is 315 g/mol. The van der Waals surface area contributed by atoms with Gasteiger partial charge in [-0.25, -0.2) is 0 Å². The summed E-state index contributed by atoms with van der Waals surface area (Å²) in [5.41, 5.74) is 0. The largest absolute Gasteiger partial charge is 0.372 e. The van der Waals surface area contributed by atoms with Crippen molar-refractivity contribution in [2.75, 3.05) is 18.8 Å². The van der Waals surface area contributed by atoms with E-state index in [9.17, 15) is 4.79 Å². The molecule has 4 heteroatoms. The Kier molecular flexibility index (Phi) is 4.69. The molecule has 1 heterocycles. The summed E-state index contributed by atoms with van der Waals surface area (Å²) in [5.74, 6) is 0.679. The highest BCUT2D eigenvalue weighted by atomic mass is 32.2. The number of morpholine rings is 1. The number of fused-ring (bicyclic) bond motifs is 1. The lowest BCUT2D eigenvalue weighted by Crippen LogP contribution is -2.48. The van der Waals surface area contributed by atoms with E-state index in [4.69, 9.17) is 4.74 Å². The molecule has 0 spiro atoms. The Balaban J connectivity index is 1.62. The van der Waals surface area contributed by atoms with Crippen molar-refractivity contribution < 1.29 is 9.53 Å². The Hall–Kier alpha value is -1.52. The topological polar surface area (TPSA) is 29.5 Å². The molecule has 116 valence electrons. The van der Waals surface area contributed by atoms with Gasteiger partial charge in [0.25, 0.3) is 0 Å². The van der Waals surface area contributed by atoms with Crippen LogP contribution >= 0.6 is 11.8 Å². The van der Waals surface area contributed by atoms with Gasteiger partial charge in [0, 0.05) is 18.0 Å². The van der Waals surface area contributed by atoms with Crippen LogP contribution in [-0.4, -0.2) is 41.9 Å². The van der Waals surface area contributed by atoms with Crippen LogP contribution in [0.2, 0.25) is 0 Å². The SMILES string of the molecule is CC1CN(C(=O)CSc2ccc3ccccc3c2)CC(C)O1. The van der Waals surface area contributed by atoms with Gasteiger partial charge >= 0.3 is 0 Å². The lowest BCUT2D eigenvalue weighted by molar-refractivity contribution is -0.140. The predicted octanol–water partition coefficient (Wildman–Crippen LogP) is 3.57. The van der Waals surface area contributed by atoms with Gasteiger partial charge < -0.3 is 9.64 Å². The zero-order chi connectivity index (χ0) is 15.5. The van der Waals surface area contributed by atoms with Crippen molar-refractivity contribution in [2.24, 2.45) is 0 Å². The molecule has 1 amide bonds. The van der Waals surface area contributed by atoms with Gasteiger partial charge in [-0.15, -0.1) is 11.8 Å². The molecule has 1 aliphatic rings. The molecule has 0 aliphatic carbocycles. The van der Waals surface area contributed by atoms with Gasteiger partial charge in [0.15, 0.2) is 0 Å². The lowest BCUT2D eigenvalue weighted by atomic mass is 10.1. The van der Waals surface area contributed by atoms with E-state index in [1.165, 1.54) is 10.8 Å². The third-order valence-corrected chi connectivity index (χ3v) is 4.83. The van der Waals surface area contributed by atoms with Crippen LogP contribution < -0.4 is 0 Å². The van der Waals surface area contributed by atoms with Crippen LogP contribution in [0.3, 0.4) is 0 Å². The Morgan fingerprint density at radius 2 is 1.82 bits per heavy atom. The molecule has 3 rings (SSSR count). The maximum Gasteiger partial charge on any atom is 0.233 e. The third kappa shape index (κ3) is 3.62. The van der Waals surface area contributed by atoms with E-state index in [0.717, 1.165) is 4.90 Å². The Labute approximate surface area is 135 Å². The third-order valence-electron chi connectivity index (χ3n) is 3.86. The van der Waals surface area contributed by atoms with Crippen molar-refractivity contribution in [2.45, 2.75) is 31.0 Å². The second-order valence-corrected chi connectivity index (χ2v) is 6.90. The molecule has 0 bridgehead atoms. The van der Waals surface area contributed by atoms with Gasteiger partial charge in [-0.3, -0.25) is 4.79 Å². The molecular weight excluding hydrogens is 294 g/mol. The molecule has 2 atom stereocenters. The molecule has 0 saturated carbocycles. The van der Waals surface area contributed by atoms with E-state index in [2.05, 4.69) is 30.3 Å². The first-order valence-corrected chi connectivity index (χ1v) is 8.65. The van der Waals surface area contributed by atoms with Crippen LogP contribution in [0.1, 0.15) is 13.8 Å². The van der Waals surface area contributed by atoms with Crippen LogP contribution in [0, 0.1) is 0 Å². The molecule has 2 aromatic rings. The Morgan fingerprint density at radius 1 is 1.14 bits per heavy atom. The number of hydrogen-bond acceptors (Lipinski definition) is 3. The molecule has 0 radical (unpaired) electrons. The van der Waals surface area contributed by atoms with Gasteiger partial charge in [0.1, 0.15) is 0 Å². The van der Waals surface area contributed by atoms with E-state index in [1.54, 1.807) is 11.8 Å². The van der Waals surface area contributed by atoms with Gasteiger partial charge in [-0.05, 0) is 36.8 Å². The molecule has 2 unspecified atom stereocenters. The van der Waals surface area contributed by atoms with Crippen molar-refractivity contribution >= 4 is 28.4 Å². The minimum Gasteiger partial charge on any atom is -0.372 e. The fourth-order valence-electron chi connectivity index (χ4n) is 2.88. The number of amides is 1. The molecule has 1 saturated heterocycles. The maximum atomic E-state index is 12.4. The smallest absolute Gasteiger partial charge is 0.233 e. The number of benzene rings is 2. The predicted molar refractivity (Wildman–Crippen MR) is 91.3 cm³/mol. The fourth-order valence-corrected chi connectivity index (χ4v) is 3.72. The number of carbonyl (C=O) groups is 1. The van der Waals surface area contributed by atoms with Gasteiger partial charge in [-0.1, -0.05) is 30.3 Å². The average Bonchev–Trinajstić information content (AvgIpc) is 2.51.